The summed E-state index contributed by atoms with van der Waals surface area (Å²) in [7, 11) is -2.18. The summed E-state index contributed by atoms with van der Waals surface area (Å²) in [5.41, 5.74) is 3.49. The van der Waals surface area contributed by atoms with E-state index < -0.39 is 10.0 Å². The van der Waals surface area contributed by atoms with Gasteiger partial charge in [-0.05, 0) is 66.9 Å². The molecule has 0 spiro atoms. The molecule has 0 aliphatic heterocycles. The molecule has 1 heterocycles. The molecule has 2 aromatic carbocycles. The molecule has 3 rings (SSSR count). The lowest BCUT2D eigenvalue weighted by Gasteiger charge is -2.11. The summed E-state index contributed by atoms with van der Waals surface area (Å²) < 4.78 is 33.6. The van der Waals surface area contributed by atoms with Gasteiger partial charge >= 0.3 is 5.97 Å². The van der Waals surface area contributed by atoms with Crippen LogP contribution in [0.3, 0.4) is 0 Å². The Balaban J connectivity index is 2.05. The van der Waals surface area contributed by atoms with E-state index in [4.69, 9.17) is 14.6 Å². The number of esters is 1. The number of hydrogen-bond donors (Lipinski definition) is 1. The molecule has 0 bridgehead atoms. The van der Waals surface area contributed by atoms with E-state index >= 15 is 0 Å². The third-order valence-corrected chi connectivity index (χ3v) is 6.55. The Morgan fingerprint density at radius 2 is 1.72 bits per heavy atom. The third-order valence-electron chi connectivity index (χ3n) is 4.35. The molecule has 152 valence electrons. The first-order valence-corrected chi connectivity index (χ1v) is 11.2. The average Bonchev–Trinajstić information content (AvgIpc) is 3.09. The van der Waals surface area contributed by atoms with E-state index in [0.717, 1.165) is 27.1 Å². The van der Waals surface area contributed by atoms with Gasteiger partial charge < -0.3 is 9.47 Å². The second-order valence-corrected chi connectivity index (χ2v) is 8.94. The van der Waals surface area contributed by atoms with Crippen LogP contribution in [0.2, 0.25) is 0 Å². The molecule has 0 aliphatic carbocycles. The summed E-state index contributed by atoms with van der Waals surface area (Å²) in [6, 6.07) is 13.9. The largest absolute Gasteiger partial charge is 0.496 e. The standard InChI is InChI=1S/C21H21NO5S2/c1-4-27-21(23)19-11-13(2)20(28-19)15-7-10-18(26-3)17(12-15)14-5-8-16(9-6-14)29(22,24)25/h5-12H,4H2,1-3H3,(H2,22,24,25). The van der Waals surface area contributed by atoms with E-state index in [1.54, 1.807) is 26.2 Å². The van der Waals surface area contributed by atoms with Gasteiger partial charge in [0, 0.05) is 10.4 Å². The van der Waals surface area contributed by atoms with Gasteiger partial charge in [-0.3, -0.25) is 0 Å². The van der Waals surface area contributed by atoms with Gasteiger partial charge in [-0.25, -0.2) is 18.4 Å². The van der Waals surface area contributed by atoms with Crippen LogP contribution in [0.5, 0.6) is 5.75 Å². The highest BCUT2D eigenvalue weighted by atomic mass is 32.2. The molecule has 6 nitrogen and oxygen atoms in total. The Kier molecular flexibility index (Phi) is 6.07. The summed E-state index contributed by atoms with van der Waals surface area (Å²) in [5.74, 6) is 0.316. The molecule has 0 radical (unpaired) electrons. The molecule has 8 heteroatoms. The van der Waals surface area contributed by atoms with Gasteiger partial charge in [0.15, 0.2) is 0 Å². The van der Waals surface area contributed by atoms with E-state index in [0.29, 0.717) is 17.2 Å². The predicted octanol–water partition coefficient (Wildman–Crippen LogP) is 4.22. The quantitative estimate of drug-likeness (QED) is 0.590. The highest BCUT2D eigenvalue weighted by Gasteiger charge is 2.17. The second-order valence-electron chi connectivity index (χ2n) is 6.33. The Hall–Kier alpha value is -2.68. The van der Waals surface area contributed by atoms with Crippen molar-refractivity contribution in [3.05, 3.63) is 59.0 Å². The van der Waals surface area contributed by atoms with E-state index in [1.165, 1.54) is 23.5 Å². The number of carbonyl (C=O) groups is 1. The molecule has 0 fully saturated rings. The lowest BCUT2D eigenvalue weighted by molar-refractivity contribution is 0.0532. The summed E-state index contributed by atoms with van der Waals surface area (Å²) in [6.45, 7) is 4.04. The van der Waals surface area contributed by atoms with Crippen molar-refractivity contribution in [2.75, 3.05) is 13.7 Å². The van der Waals surface area contributed by atoms with Crippen LogP contribution in [0.4, 0.5) is 0 Å². The maximum absolute atomic E-state index is 12.1. The van der Waals surface area contributed by atoms with Gasteiger partial charge in [0.05, 0.1) is 18.6 Å². The van der Waals surface area contributed by atoms with E-state index in [9.17, 15) is 13.2 Å². The molecule has 3 aromatic rings. The molecular weight excluding hydrogens is 410 g/mol. The zero-order valence-corrected chi connectivity index (χ0v) is 17.9. The van der Waals surface area contributed by atoms with Gasteiger partial charge in [-0.2, -0.15) is 0 Å². The highest BCUT2D eigenvalue weighted by Crippen LogP contribution is 2.38. The van der Waals surface area contributed by atoms with Crippen molar-refractivity contribution >= 4 is 27.3 Å². The minimum absolute atomic E-state index is 0.0459. The summed E-state index contributed by atoms with van der Waals surface area (Å²) in [4.78, 5) is 13.6. The molecule has 29 heavy (non-hydrogen) atoms. The Morgan fingerprint density at radius 3 is 2.31 bits per heavy atom. The third kappa shape index (κ3) is 4.50. The van der Waals surface area contributed by atoms with Gasteiger partial charge in [0.2, 0.25) is 10.0 Å². The number of primary sulfonamides is 1. The number of carbonyl (C=O) groups excluding carboxylic acids is 1. The normalized spacial score (nSPS) is 11.3. The molecule has 1 aromatic heterocycles. The molecule has 0 amide bonds. The lowest BCUT2D eigenvalue weighted by Crippen LogP contribution is -2.11. The fraction of sp³-hybridized carbons (Fsp3) is 0.190. The number of thiophene rings is 1. The zero-order valence-electron chi connectivity index (χ0n) is 16.3. The van der Waals surface area contributed by atoms with Crippen LogP contribution < -0.4 is 9.88 Å². The smallest absolute Gasteiger partial charge is 0.348 e. The second kappa shape index (κ2) is 8.36. The molecule has 2 N–H and O–H groups in total. The lowest BCUT2D eigenvalue weighted by atomic mass is 10.0. The van der Waals surface area contributed by atoms with Crippen LogP contribution in [0, 0.1) is 6.92 Å². The average molecular weight is 432 g/mol. The van der Waals surface area contributed by atoms with Crippen molar-refractivity contribution in [2.24, 2.45) is 5.14 Å². The minimum Gasteiger partial charge on any atom is -0.496 e. The maximum atomic E-state index is 12.1. The molecule has 0 aliphatic rings. The zero-order chi connectivity index (χ0) is 21.2. The number of aryl methyl sites for hydroxylation is 1. The van der Waals surface area contributed by atoms with E-state index in [2.05, 4.69) is 0 Å². The van der Waals surface area contributed by atoms with Crippen molar-refractivity contribution in [1.82, 2.24) is 0 Å². The van der Waals surface area contributed by atoms with Crippen LogP contribution in [0.15, 0.2) is 53.4 Å². The number of rotatable bonds is 6. The fourth-order valence-corrected chi connectivity index (χ4v) is 4.55. The van der Waals surface area contributed by atoms with E-state index in [-0.39, 0.29) is 10.9 Å². The Morgan fingerprint density at radius 1 is 1.07 bits per heavy atom. The van der Waals surface area contributed by atoms with Gasteiger partial charge in [0.25, 0.3) is 0 Å². The van der Waals surface area contributed by atoms with Crippen LogP contribution in [-0.2, 0) is 14.8 Å². The number of nitrogens with two attached hydrogens (primary N) is 1. The van der Waals surface area contributed by atoms with Crippen LogP contribution in [0.1, 0.15) is 22.2 Å². The SMILES string of the molecule is CCOC(=O)c1cc(C)c(-c2ccc(OC)c(-c3ccc(S(N)(=O)=O)cc3)c2)s1. The van der Waals surface area contributed by atoms with Crippen molar-refractivity contribution < 1.29 is 22.7 Å². The van der Waals surface area contributed by atoms with Crippen molar-refractivity contribution in [3.8, 4) is 27.3 Å². The molecule has 0 saturated carbocycles. The van der Waals surface area contributed by atoms with Crippen molar-refractivity contribution in [1.29, 1.82) is 0 Å². The monoisotopic (exact) mass is 431 g/mol. The van der Waals surface area contributed by atoms with Gasteiger partial charge in [-0.15, -0.1) is 11.3 Å². The summed E-state index contributed by atoms with van der Waals surface area (Å²) in [5, 5.41) is 5.18. The summed E-state index contributed by atoms with van der Waals surface area (Å²) >= 11 is 1.37. The number of hydrogen-bond acceptors (Lipinski definition) is 6. The molecule has 0 atom stereocenters. The fourth-order valence-electron chi connectivity index (χ4n) is 2.97. The van der Waals surface area contributed by atoms with Crippen molar-refractivity contribution in [3.63, 3.8) is 0 Å². The van der Waals surface area contributed by atoms with Gasteiger partial charge in [0.1, 0.15) is 10.6 Å². The summed E-state index contributed by atoms with van der Waals surface area (Å²) in [6.07, 6.45) is 0. The minimum atomic E-state index is -3.76. The first-order chi connectivity index (χ1) is 13.7. The number of ether oxygens (including phenoxy) is 2. The molecule has 0 unspecified atom stereocenters. The molecular formula is C21H21NO5S2. The first-order valence-electron chi connectivity index (χ1n) is 8.83. The van der Waals surface area contributed by atoms with Crippen molar-refractivity contribution in [2.45, 2.75) is 18.7 Å². The Labute approximate surface area is 173 Å². The van der Waals surface area contributed by atoms with E-state index in [1.807, 2.05) is 31.2 Å². The number of benzene rings is 2. The van der Waals surface area contributed by atoms with Crippen LogP contribution in [-0.4, -0.2) is 28.1 Å². The topological polar surface area (TPSA) is 95.7 Å². The van der Waals surface area contributed by atoms with Gasteiger partial charge in [-0.1, -0.05) is 12.1 Å². The van der Waals surface area contributed by atoms with Crippen LogP contribution >= 0.6 is 11.3 Å². The molecule has 0 saturated heterocycles. The highest BCUT2D eigenvalue weighted by molar-refractivity contribution is 7.89. The Bertz CT molecular complexity index is 1150. The predicted molar refractivity (Wildman–Crippen MR) is 114 cm³/mol. The van der Waals surface area contributed by atoms with Crippen LogP contribution in [0.25, 0.3) is 21.6 Å². The maximum Gasteiger partial charge on any atom is 0.348 e. The number of sulfonamides is 1. The number of methoxy groups -OCH3 is 1. The first kappa shape index (κ1) is 21.0.